The second kappa shape index (κ2) is 14.8. The summed E-state index contributed by atoms with van der Waals surface area (Å²) in [6.45, 7) is 6.43. The van der Waals surface area contributed by atoms with Crippen molar-refractivity contribution in [3.63, 3.8) is 0 Å². The molecule has 0 aliphatic rings. The van der Waals surface area contributed by atoms with Crippen molar-refractivity contribution >= 4 is 60.9 Å². The molecule has 2 heterocycles. The van der Waals surface area contributed by atoms with Gasteiger partial charge in [-0.2, -0.15) is 0 Å². The highest BCUT2D eigenvalue weighted by atomic mass is 15.0. The van der Waals surface area contributed by atoms with Crippen LogP contribution in [-0.2, 0) is 0 Å². The zero-order valence-corrected chi connectivity index (χ0v) is 32.3. The van der Waals surface area contributed by atoms with Crippen molar-refractivity contribution in [1.29, 1.82) is 0 Å². The SMILES string of the molecule is C=C(N=C(N=C(CC)c1ccc(-n2c3ccccc3c3cc(-c4ccc5c6ccccc6n(-c6ccccc6)c5c4)ccc32)cc1)c1ccccc1)c1ccccc1. The maximum atomic E-state index is 5.18. The first-order valence-corrected chi connectivity index (χ1v) is 19.8. The van der Waals surface area contributed by atoms with Crippen LogP contribution in [0.3, 0.4) is 0 Å². The molecule has 8 aromatic carbocycles. The van der Waals surface area contributed by atoms with Gasteiger partial charge in [-0.05, 0) is 83.3 Å². The minimum absolute atomic E-state index is 0.647. The highest BCUT2D eigenvalue weighted by Crippen LogP contribution is 2.38. The Labute approximate surface area is 338 Å². The molecule has 0 amide bonds. The molecule has 4 heteroatoms. The number of fused-ring (bicyclic) bond motifs is 6. The van der Waals surface area contributed by atoms with Gasteiger partial charge in [-0.3, -0.25) is 0 Å². The normalized spacial score (nSPS) is 12.2. The summed E-state index contributed by atoms with van der Waals surface area (Å²) < 4.78 is 4.76. The molecule has 0 unspecified atom stereocenters. The summed E-state index contributed by atoms with van der Waals surface area (Å²) in [6.07, 6.45) is 0.749. The Balaban J connectivity index is 1.04. The van der Waals surface area contributed by atoms with Crippen molar-refractivity contribution in [3.8, 4) is 22.5 Å². The van der Waals surface area contributed by atoms with Crippen LogP contribution < -0.4 is 0 Å². The third-order valence-corrected chi connectivity index (χ3v) is 11.1. The summed E-state index contributed by atoms with van der Waals surface area (Å²) in [4.78, 5) is 10.1. The molecule has 0 atom stereocenters. The van der Waals surface area contributed by atoms with E-state index in [4.69, 9.17) is 9.98 Å². The van der Waals surface area contributed by atoms with Crippen LogP contribution in [-0.4, -0.2) is 20.7 Å². The molecular weight excluding hydrogens is 705 g/mol. The summed E-state index contributed by atoms with van der Waals surface area (Å²) in [5.41, 5.74) is 14.0. The Morgan fingerprint density at radius 1 is 0.414 bits per heavy atom. The Bertz CT molecular complexity index is 3180. The number of aromatic nitrogens is 2. The quantitative estimate of drug-likeness (QED) is 0.110. The number of rotatable bonds is 8. The van der Waals surface area contributed by atoms with Crippen LogP contribution in [0.1, 0.15) is 30.0 Å². The Kier molecular flexibility index (Phi) is 8.92. The summed E-state index contributed by atoms with van der Waals surface area (Å²) in [6, 6.07) is 70.8. The molecule has 0 bridgehead atoms. The number of nitrogens with zero attached hydrogens (tertiary/aromatic N) is 4. The van der Waals surface area contributed by atoms with E-state index < -0.39 is 0 Å². The number of amidine groups is 1. The average Bonchev–Trinajstić information content (AvgIpc) is 3.81. The Hall–Kier alpha value is -7.56. The maximum Gasteiger partial charge on any atom is 0.160 e. The second-order valence-electron chi connectivity index (χ2n) is 14.6. The first-order chi connectivity index (χ1) is 28.6. The second-order valence-corrected chi connectivity index (χ2v) is 14.6. The third-order valence-electron chi connectivity index (χ3n) is 11.1. The predicted octanol–water partition coefficient (Wildman–Crippen LogP) is 13.9. The Morgan fingerprint density at radius 2 is 0.914 bits per heavy atom. The summed E-state index contributed by atoms with van der Waals surface area (Å²) in [7, 11) is 0. The van der Waals surface area contributed by atoms with Crippen molar-refractivity contribution in [2.75, 3.05) is 0 Å². The van der Waals surface area contributed by atoms with Gasteiger partial charge >= 0.3 is 0 Å². The zero-order valence-electron chi connectivity index (χ0n) is 32.3. The van der Waals surface area contributed by atoms with E-state index in [1.54, 1.807) is 0 Å². The van der Waals surface area contributed by atoms with E-state index in [1.165, 1.54) is 54.7 Å². The first kappa shape index (κ1) is 34.9. The summed E-state index contributed by atoms with van der Waals surface area (Å²) in [5, 5.41) is 4.95. The molecule has 0 aliphatic carbocycles. The van der Waals surface area contributed by atoms with Gasteiger partial charge in [-0.1, -0.05) is 159 Å². The molecule has 0 saturated heterocycles. The van der Waals surface area contributed by atoms with Crippen LogP contribution in [0.25, 0.3) is 71.8 Å². The number of benzene rings is 8. The minimum Gasteiger partial charge on any atom is -0.309 e. The van der Waals surface area contributed by atoms with Crippen LogP contribution >= 0.6 is 0 Å². The van der Waals surface area contributed by atoms with Gasteiger partial charge in [-0.25, -0.2) is 9.98 Å². The molecule has 0 spiro atoms. The van der Waals surface area contributed by atoms with Crippen molar-refractivity contribution < 1.29 is 0 Å². The third kappa shape index (κ3) is 6.22. The first-order valence-electron chi connectivity index (χ1n) is 19.8. The zero-order chi connectivity index (χ0) is 39.0. The van der Waals surface area contributed by atoms with Crippen LogP contribution in [0.15, 0.2) is 217 Å². The number of aliphatic imine (C=N–C) groups is 2. The molecular formula is C54H40N4. The van der Waals surface area contributed by atoms with Gasteiger partial charge in [0.25, 0.3) is 0 Å². The van der Waals surface area contributed by atoms with E-state index in [0.717, 1.165) is 40.2 Å². The number of para-hydroxylation sites is 3. The fourth-order valence-corrected chi connectivity index (χ4v) is 8.28. The topological polar surface area (TPSA) is 34.6 Å². The average molecular weight is 745 g/mol. The molecule has 0 aliphatic heterocycles. The van der Waals surface area contributed by atoms with Gasteiger partial charge < -0.3 is 9.13 Å². The van der Waals surface area contributed by atoms with Gasteiger partial charge in [0.05, 0.1) is 27.8 Å². The Morgan fingerprint density at radius 3 is 1.59 bits per heavy atom. The molecule has 0 saturated carbocycles. The number of hydrogen-bond acceptors (Lipinski definition) is 1. The fraction of sp³-hybridized carbons (Fsp3) is 0.0370. The van der Waals surface area contributed by atoms with E-state index in [0.29, 0.717) is 11.5 Å². The van der Waals surface area contributed by atoms with Crippen LogP contribution in [0.4, 0.5) is 0 Å². The monoisotopic (exact) mass is 744 g/mol. The van der Waals surface area contributed by atoms with Crippen molar-refractivity contribution in [1.82, 2.24) is 9.13 Å². The molecule has 58 heavy (non-hydrogen) atoms. The molecule has 276 valence electrons. The van der Waals surface area contributed by atoms with E-state index in [-0.39, 0.29) is 0 Å². The van der Waals surface area contributed by atoms with Crippen LogP contribution in [0.5, 0.6) is 0 Å². The van der Waals surface area contributed by atoms with Gasteiger partial charge in [0.15, 0.2) is 5.84 Å². The molecule has 0 fully saturated rings. The van der Waals surface area contributed by atoms with Gasteiger partial charge in [0.2, 0.25) is 0 Å². The molecule has 10 rings (SSSR count). The molecule has 10 aromatic rings. The molecule has 2 aromatic heterocycles. The van der Waals surface area contributed by atoms with Crippen LogP contribution in [0, 0.1) is 0 Å². The van der Waals surface area contributed by atoms with Gasteiger partial charge in [0, 0.05) is 44.2 Å². The van der Waals surface area contributed by atoms with E-state index >= 15 is 0 Å². The lowest BCUT2D eigenvalue weighted by Crippen LogP contribution is -2.07. The molecule has 0 radical (unpaired) electrons. The molecule has 4 nitrogen and oxygen atoms in total. The van der Waals surface area contributed by atoms with Crippen LogP contribution in [0.2, 0.25) is 0 Å². The fourth-order valence-electron chi connectivity index (χ4n) is 8.28. The van der Waals surface area contributed by atoms with Crippen molar-refractivity contribution in [2.24, 2.45) is 9.98 Å². The lowest BCUT2D eigenvalue weighted by atomic mass is 10.0. The van der Waals surface area contributed by atoms with Gasteiger partial charge in [-0.15, -0.1) is 0 Å². The van der Waals surface area contributed by atoms with E-state index in [9.17, 15) is 0 Å². The van der Waals surface area contributed by atoms with Crippen molar-refractivity contribution in [2.45, 2.75) is 13.3 Å². The standard InChI is InChI=1S/C54H40N4/c1-3-49(56-54(40-19-9-5-10-20-40)55-37(2)38-17-7-4-8-18-38)39-27-31-44(32-28-39)57-51-26-16-14-24-46(51)48-35-41(30-34-52(48)57)42-29-33-47-45-23-13-15-25-50(45)58(53(47)36-42)43-21-11-6-12-22-43/h4-36H,2-3H2,1H3. The van der Waals surface area contributed by atoms with E-state index in [2.05, 4.69) is 162 Å². The summed E-state index contributed by atoms with van der Waals surface area (Å²) >= 11 is 0. The van der Waals surface area contributed by atoms with E-state index in [1.807, 2.05) is 60.7 Å². The lowest BCUT2D eigenvalue weighted by Gasteiger charge is -2.12. The predicted molar refractivity (Wildman–Crippen MR) is 246 cm³/mol. The molecule has 0 N–H and O–H groups in total. The number of hydrogen-bond donors (Lipinski definition) is 0. The maximum absolute atomic E-state index is 5.18. The highest BCUT2D eigenvalue weighted by Gasteiger charge is 2.17. The van der Waals surface area contributed by atoms with Gasteiger partial charge in [0.1, 0.15) is 0 Å². The minimum atomic E-state index is 0.647. The van der Waals surface area contributed by atoms with Crippen molar-refractivity contribution in [3.05, 3.63) is 223 Å². The largest absolute Gasteiger partial charge is 0.309 e. The summed E-state index contributed by atoms with van der Waals surface area (Å²) in [5.74, 6) is 0.647. The highest BCUT2D eigenvalue weighted by molar-refractivity contribution is 6.14. The smallest absolute Gasteiger partial charge is 0.160 e. The lowest BCUT2D eigenvalue weighted by molar-refractivity contribution is 1.18.